The molecule has 1 unspecified atom stereocenters. The molecule has 5 heteroatoms. The van der Waals surface area contributed by atoms with Gasteiger partial charge in [0.1, 0.15) is 23.1 Å². The Balaban J connectivity index is 2.31. The first-order valence-electron chi connectivity index (χ1n) is 6.54. The van der Waals surface area contributed by atoms with Gasteiger partial charge in [0.2, 0.25) is 0 Å². The molecular weight excluding hydrogens is 256 g/mol. The number of rotatable bonds is 5. The van der Waals surface area contributed by atoms with Crippen molar-refractivity contribution in [1.82, 2.24) is 10.2 Å². The van der Waals surface area contributed by atoms with Gasteiger partial charge in [-0.1, -0.05) is 19.1 Å². The molecular formula is C15H18N2O3. The van der Waals surface area contributed by atoms with Gasteiger partial charge in [0.05, 0.1) is 0 Å². The van der Waals surface area contributed by atoms with Gasteiger partial charge in [0, 0.05) is 5.69 Å². The highest BCUT2D eigenvalue weighted by atomic mass is 16.5. The lowest BCUT2D eigenvalue weighted by Gasteiger charge is -2.16. The maximum atomic E-state index is 11.3. The maximum Gasteiger partial charge on any atom is 0.339 e. The summed E-state index contributed by atoms with van der Waals surface area (Å²) < 4.78 is 5.89. The first kappa shape index (κ1) is 14.1. The number of hydrogen-bond acceptors (Lipinski definition) is 3. The van der Waals surface area contributed by atoms with E-state index in [-0.39, 0.29) is 11.7 Å². The third kappa shape index (κ3) is 2.82. The number of aromatic carboxylic acids is 1. The second-order valence-corrected chi connectivity index (χ2v) is 4.75. The van der Waals surface area contributed by atoms with Crippen molar-refractivity contribution in [1.29, 1.82) is 0 Å². The zero-order valence-corrected chi connectivity index (χ0v) is 11.8. The minimum atomic E-state index is -0.988. The van der Waals surface area contributed by atoms with Crippen molar-refractivity contribution in [2.24, 2.45) is 0 Å². The molecule has 2 aromatic rings. The summed E-state index contributed by atoms with van der Waals surface area (Å²) in [5.41, 5.74) is 2.27. The van der Waals surface area contributed by atoms with Gasteiger partial charge in [0.15, 0.2) is 0 Å². The van der Waals surface area contributed by atoms with E-state index in [1.54, 1.807) is 6.92 Å². The Kier molecular flexibility index (Phi) is 4.08. The van der Waals surface area contributed by atoms with Crippen LogP contribution in [-0.2, 0) is 0 Å². The van der Waals surface area contributed by atoms with Crippen LogP contribution in [0.15, 0.2) is 24.3 Å². The van der Waals surface area contributed by atoms with Crippen molar-refractivity contribution in [2.75, 3.05) is 0 Å². The van der Waals surface area contributed by atoms with Crippen LogP contribution in [-0.4, -0.2) is 21.3 Å². The van der Waals surface area contributed by atoms with Crippen molar-refractivity contribution in [2.45, 2.75) is 33.3 Å². The van der Waals surface area contributed by atoms with Crippen molar-refractivity contribution >= 4 is 5.97 Å². The summed E-state index contributed by atoms with van der Waals surface area (Å²) in [6.45, 7) is 5.62. The van der Waals surface area contributed by atoms with Crippen LogP contribution < -0.4 is 4.74 Å². The fourth-order valence-electron chi connectivity index (χ4n) is 2.14. The Labute approximate surface area is 117 Å². The fraction of sp³-hybridized carbons (Fsp3) is 0.333. The second kappa shape index (κ2) is 5.77. The van der Waals surface area contributed by atoms with E-state index in [2.05, 4.69) is 10.2 Å². The van der Waals surface area contributed by atoms with Crippen LogP contribution in [0.5, 0.6) is 5.75 Å². The van der Waals surface area contributed by atoms with Crippen LogP contribution in [0, 0.1) is 13.8 Å². The molecule has 0 radical (unpaired) electrons. The molecule has 0 aliphatic rings. The van der Waals surface area contributed by atoms with Crippen LogP contribution >= 0.6 is 0 Å². The molecule has 0 fully saturated rings. The van der Waals surface area contributed by atoms with Gasteiger partial charge in [-0.15, -0.1) is 0 Å². The zero-order chi connectivity index (χ0) is 14.7. The third-order valence-electron chi connectivity index (χ3n) is 3.13. The lowest BCUT2D eigenvalue weighted by Crippen LogP contribution is -2.12. The maximum absolute atomic E-state index is 11.3. The quantitative estimate of drug-likeness (QED) is 0.877. The number of benzene rings is 1. The molecule has 0 spiro atoms. The van der Waals surface area contributed by atoms with E-state index in [0.717, 1.165) is 5.56 Å². The van der Waals surface area contributed by atoms with Gasteiger partial charge in [-0.2, -0.15) is 5.10 Å². The first-order chi connectivity index (χ1) is 9.52. The van der Waals surface area contributed by atoms with Gasteiger partial charge >= 0.3 is 5.97 Å². The highest BCUT2D eigenvalue weighted by molar-refractivity contribution is 5.90. The number of nitrogens with one attached hydrogen (secondary N) is 1. The fourth-order valence-corrected chi connectivity index (χ4v) is 2.14. The Morgan fingerprint density at radius 1 is 1.45 bits per heavy atom. The second-order valence-electron chi connectivity index (χ2n) is 4.75. The molecule has 0 amide bonds. The van der Waals surface area contributed by atoms with Gasteiger partial charge in [-0.05, 0) is 38.0 Å². The highest BCUT2D eigenvalue weighted by Crippen LogP contribution is 2.27. The molecule has 20 heavy (non-hydrogen) atoms. The molecule has 106 valence electrons. The van der Waals surface area contributed by atoms with Crippen LogP contribution in [0.25, 0.3) is 0 Å². The predicted octanol–water partition coefficient (Wildman–Crippen LogP) is 3.25. The van der Waals surface area contributed by atoms with Gasteiger partial charge in [-0.25, -0.2) is 4.79 Å². The molecule has 2 N–H and O–H groups in total. The van der Waals surface area contributed by atoms with Crippen LogP contribution in [0.4, 0.5) is 0 Å². The standard InChI is InChI=1S/C15H18N2O3/c1-4-12(20-11-7-5-6-9(2)8-11)14-13(15(18)19)10(3)16-17-14/h5-8,12H,4H2,1-3H3,(H,16,17)(H,18,19). The summed E-state index contributed by atoms with van der Waals surface area (Å²) in [5, 5.41) is 16.1. The van der Waals surface area contributed by atoms with Gasteiger partial charge < -0.3 is 9.84 Å². The number of carboxylic acids is 1. The molecule has 1 heterocycles. The number of carboxylic acid groups (broad SMARTS) is 1. The van der Waals surface area contributed by atoms with Crippen molar-refractivity contribution in [3.8, 4) is 5.75 Å². The van der Waals surface area contributed by atoms with E-state index in [9.17, 15) is 9.90 Å². The topological polar surface area (TPSA) is 75.2 Å². The average Bonchev–Trinajstić information content (AvgIpc) is 2.78. The highest BCUT2D eigenvalue weighted by Gasteiger charge is 2.24. The molecule has 5 nitrogen and oxygen atoms in total. The van der Waals surface area contributed by atoms with Crippen molar-refractivity contribution in [3.05, 3.63) is 46.8 Å². The number of H-pyrrole nitrogens is 1. The largest absolute Gasteiger partial charge is 0.484 e. The minimum absolute atomic E-state index is 0.199. The average molecular weight is 274 g/mol. The SMILES string of the molecule is CCC(Oc1cccc(C)c1)c1n[nH]c(C)c1C(=O)O. The number of aromatic nitrogens is 2. The normalized spacial score (nSPS) is 12.2. The lowest BCUT2D eigenvalue weighted by atomic mass is 10.1. The van der Waals surface area contributed by atoms with Crippen LogP contribution in [0.1, 0.15) is 46.8 Å². The Morgan fingerprint density at radius 3 is 2.80 bits per heavy atom. The molecule has 1 aromatic heterocycles. The van der Waals surface area contributed by atoms with E-state index in [1.807, 2.05) is 38.1 Å². The van der Waals surface area contributed by atoms with E-state index in [0.29, 0.717) is 23.6 Å². The lowest BCUT2D eigenvalue weighted by molar-refractivity contribution is 0.0690. The summed E-state index contributed by atoms with van der Waals surface area (Å²) >= 11 is 0. The molecule has 0 saturated heterocycles. The Morgan fingerprint density at radius 2 is 2.20 bits per heavy atom. The molecule has 1 atom stereocenters. The first-order valence-corrected chi connectivity index (χ1v) is 6.54. The number of aryl methyl sites for hydroxylation is 2. The van der Waals surface area contributed by atoms with Crippen molar-refractivity contribution < 1.29 is 14.6 Å². The Hall–Kier alpha value is -2.30. The molecule has 2 rings (SSSR count). The molecule has 0 bridgehead atoms. The summed E-state index contributed by atoms with van der Waals surface area (Å²) in [5.74, 6) is -0.272. The molecule has 0 aliphatic heterocycles. The molecule has 0 aliphatic carbocycles. The van der Waals surface area contributed by atoms with Crippen LogP contribution in [0.2, 0.25) is 0 Å². The van der Waals surface area contributed by atoms with E-state index in [1.165, 1.54) is 0 Å². The monoisotopic (exact) mass is 274 g/mol. The molecule has 1 aromatic carbocycles. The van der Waals surface area contributed by atoms with E-state index >= 15 is 0 Å². The number of hydrogen-bond donors (Lipinski definition) is 2. The predicted molar refractivity (Wildman–Crippen MR) is 75.1 cm³/mol. The number of aromatic amines is 1. The number of nitrogens with zero attached hydrogens (tertiary/aromatic N) is 1. The summed E-state index contributed by atoms with van der Waals surface area (Å²) in [4.78, 5) is 11.3. The minimum Gasteiger partial charge on any atom is -0.484 e. The van der Waals surface area contributed by atoms with E-state index in [4.69, 9.17) is 4.74 Å². The van der Waals surface area contributed by atoms with Crippen molar-refractivity contribution in [3.63, 3.8) is 0 Å². The summed E-state index contributed by atoms with van der Waals surface area (Å²) in [6.07, 6.45) is 0.256. The third-order valence-corrected chi connectivity index (χ3v) is 3.13. The smallest absolute Gasteiger partial charge is 0.339 e. The zero-order valence-electron chi connectivity index (χ0n) is 11.8. The number of ether oxygens (including phenoxy) is 1. The molecule has 0 saturated carbocycles. The van der Waals surface area contributed by atoms with E-state index < -0.39 is 5.97 Å². The summed E-state index contributed by atoms with van der Waals surface area (Å²) in [6, 6.07) is 7.67. The Bertz CT molecular complexity index is 619. The van der Waals surface area contributed by atoms with Gasteiger partial charge in [-0.3, -0.25) is 5.10 Å². The summed E-state index contributed by atoms with van der Waals surface area (Å²) in [7, 11) is 0. The van der Waals surface area contributed by atoms with Gasteiger partial charge in [0.25, 0.3) is 0 Å². The number of carbonyl (C=O) groups is 1. The van der Waals surface area contributed by atoms with Crippen LogP contribution in [0.3, 0.4) is 0 Å².